The van der Waals surface area contributed by atoms with Crippen molar-refractivity contribution in [3.8, 4) is 0 Å². The van der Waals surface area contributed by atoms with Crippen LogP contribution in [0.4, 0.5) is 0 Å². The minimum absolute atomic E-state index is 0.145. The maximum absolute atomic E-state index is 6.17. The van der Waals surface area contributed by atoms with Gasteiger partial charge < -0.3 is 15.1 Å². The molecule has 1 aromatic rings. The second-order valence-electron chi connectivity index (χ2n) is 5.86. The van der Waals surface area contributed by atoms with Gasteiger partial charge in [0.2, 0.25) is 0 Å². The third-order valence-electron chi connectivity index (χ3n) is 4.69. The molecule has 0 radical (unpaired) electrons. The Morgan fingerprint density at radius 3 is 2.60 bits per heavy atom. The zero-order chi connectivity index (χ0) is 14.4. The molecule has 0 bridgehead atoms. The van der Waals surface area contributed by atoms with Crippen LogP contribution in [0.2, 0.25) is 0 Å². The Hall–Kier alpha value is -0.840. The summed E-state index contributed by atoms with van der Waals surface area (Å²) in [5.41, 5.74) is 6.32. The van der Waals surface area contributed by atoms with E-state index in [1.807, 2.05) is 6.07 Å². The van der Waals surface area contributed by atoms with Crippen LogP contribution in [0.15, 0.2) is 22.8 Å². The fourth-order valence-corrected chi connectivity index (χ4v) is 3.36. The van der Waals surface area contributed by atoms with Crippen molar-refractivity contribution in [3.05, 3.63) is 24.2 Å². The summed E-state index contributed by atoms with van der Waals surface area (Å²) >= 11 is 0. The van der Waals surface area contributed by atoms with E-state index in [1.54, 1.807) is 6.26 Å². The fourth-order valence-electron chi connectivity index (χ4n) is 3.36. The van der Waals surface area contributed by atoms with Crippen LogP contribution in [-0.4, -0.2) is 48.1 Å². The molecule has 0 saturated carbocycles. The highest BCUT2D eigenvalue weighted by atomic mass is 16.3. The second-order valence-corrected chi connectivity index (χ2v) is 5.86. The molecule has 0 spiro atoms. The van der Waals surface area contributed by atoms with Gasteiger partial charge in [0.05, 0.1) is 12.8 Å². The highest BCUT2D eigenvalue weighted by molar-refractivity contribution is 5.02. The maximum atomic E-state index is 6.17. The SMILES string of the molecule is CCCN1CCC(CN)(N(CC)Cc2ccco2)CC1. The molecule has 1 aliphatic rings. The van der Waals surface area contributed by atoms with Gasteiger partial charge in [0.25, 0.3) is 0 Å². The molecule has 2 rings (SSSR count). The van der Waals surface area contributed by atoms with Crippen LogP contribution in [-0.2, 0) is 6.54 Å². The fraction of sp³-hybridized carbons (Fsp3) is 0.750. The van der Waals surface area contributed by atoms with Crippen molar-refractivity contribution in [2.24, 2.45) is 5.73 Å². The topological polar surface area (TPSA) is 45.6 Å². The Bertz CT molecular complexity index is 369. The van der Waals surface area contributed by atoms with Crippen LogP contribution < -0.4 is 5.73 Å². The van der Waals surface area contributed by atoms with Crippen molar-refractivity contribution < 1.29 is 4.42 Å². The van der Waals surface area contributed by atoms with Gasteiger partial charge in [0, 0.05) is 12.1 Å². The van der Waals surface area contributed by atoms with Crippen LogP contribution in [0, 0.1) is 0 Å². The first-order chi connectivity index (χ1) is 9.74. The highest BCUT2D eigenvalue weighted by Gasteiger charge is 2.38. The van der Waals surface area contributed by atoms with Gasteiger partial charge in [-0.05, 0) is 57.6 Å². The maximum Gasteiger partial charge on any atom is 0.117 e. The lowest BCUT2D eigenvalue weighted by molar-refractivity contribution is 0.0203. The van der Waals surface area contributed by atoms with Gasteiger partial charge in [0.15, 0.2) is 0 Å². The number of likely N-dealkylation sites (N-methyl/N-ethyl adjacent to an activating group) is 1. The average molecular weight is 279 g/mol. The van der Waals surface area contributed by atoms with Gasteiger partial charge in [-0.15, -0.1) is 0 Å². The van der Waals surface area contributed by atoms with Crippen molar-refractivity contribution >= 4 is 0 Å². The summed E-state index contributed by atoms with van der Waals surface area (Å²) in [4.78, 5) is 5.07. The van der Waals surface area contributed by atoms with Crippen molar-refractivity contribution in [3.63, 3.8) is 0 Å². The molecule has 0 aliphatic carbocycles. The first kappa shape index (κ1) is 15.5. The molecule has 2 heterocycles. The summed E-state index contributed by atoms with van der Waals surface area (Å²) < 4.78 is 5.51. The molecule has 4 nitrogen and oxygen atoms in total. The molecule has 4 heteroatoms. The molecule has 0 aromatic carbocycles. The van der Waals surface area contributed by atoms with Crippen LogP contribution in [0.25, 0.3) is 0 Å². The largest absolute Gasteiger partial charge is 0.468 e. The number of nitrogens with zero attached hydrogens (tertiary/aromatic N) is 2. The molecule has 1 aromatic heterocycles. The molecule has 114 valence electrons. The van der Waals surface area contributed by atoms with Crippen molar-refractivity contribution in [2.75, 3.05) is 32.7 Å². The number of hydrogen-bond donors (Lipinski definition) is 1. The van der Waals surface area contributed by atoms with Gasteiger partial charge in [-0.1, -0.05) is 13.8 Å². The van der Waals surface area contributed by atoms with E-state index in [9.17, 15) is 0 Å². The summed E-state index contributed by atoms with van der Waals surface area (Å²) in [5, 5.41) is 0. The van der Waals surface area contributed by atoms with Gasteiger partial charge >= 0.3 is 0 Å². The van der Waals surface area contributed by atoms with Crippen LogP contribution >= 0.6 is 0 Å². The summed E-state index contributed by atoms with van der Waals surface area (Å²) in [5.74, 6) is 1.04. The molecule has 0 atom stereocenters. The Labute approximate surface area is 122 Å². The normalized spacial score (nSPS) is 19.6. The lowest BCUT2D eigenvalue weighted by atomic mass is 9.85. The van der Waals surface area contributed by atoms with Gasteiger partial charge in [0.1, 0.15) is 5.76 Å². The quantitative estimate of drug-likeness (QED) is 0.832. The van der Waals surface area contributed by atoms with Crippen LogP contribution in [0.5, 0.6) is 0 Å². The molecule has 2 N–H and O–H groups in total. The van der Waals surface area contributed by atoms with E-state index in [0.717, 1.165) is 38.2 Å². The monoisotopic (exact) mass is 279 g/mol. The third-order valence-corrected chi connectivity index (χ3v) is 4.69. The number of hydrogen-bond acceptors (Lipinski definition) is 4. The van der Waals surface area contributed by atoms with Crippen LogP contribution in [0.1, 0.15) is 38.9 Å². The summed E-state index contributed by atoms with van der Waals surface area (Å²) in [6, 6.07) is 4.02. The Morgan fingerprint density at radius 2 is 2.10 bits per heavy atom. The van der Waals surface area contributed by atoms with E-state index < -0.39 is 0 Å². The Balaban J connectivity index is 2.01. The Morgan fingerprint density at radius 1 is 1.35 bits per heavy atom. The first-order valence-corrected chi connectivity index (χ1v) is 7.94. The van der Waals surface area contributed by atoms with Gasteiger partial charge in [-0.3, -0.25) is 4.90 Å². The van der Waals surface area contributed by atoms with Crippen LogP contribution in [0.3, 0.4) is 0 Å². The Kier molecular flexibility index (Phi) is 5.64. The third kappa shape index (κ3) is 3.43. The minimum Gasteiger partial charge on any atom is -0.468 e. The summed E-state index contributed by atoms with van der Waals surface area (Å²) in [7, 11) is 0. The van der Waals surface area contributed by atoms with Gasteiger partial charge in [-0.2, -0.15) is 0 Å². The van der Waals surface area contributed by atoms with E-state index in [0.29, 0.717) is 0 Å². The number of nitrogens with two attached hydrogens (primary N) is 1. The van der Waals surface area contributed by atoms with Crippen molar-refractivity contribution in [1.82, 2.24) is 9.80 Å². The molecule has 1 saturated heterocycles. The molecular weight excluding hydrogens is 250 g/mol. The summed E-state index contributed by atoms with van der Waals surface area (Å²) in [6.07, 6.45) is 5.32. The molecule has 0 unspecified atom stereocenters. The van der Waals surface area contributed by atoms with Crippen molar-refractivity contribution in [2.45, 2.75) is 45.2 Å². The van der Waals surface area contributed by atoms with E-state index >= 15 is 0 Å². The highest BCUT2D eigenvalue weighted by Crippen LogP contribution is 2.29. The van der Waals surface area contributed by atoms with E-state index in [-0.39, 0.29) is 5.54 Å². The lowest BCUT2D eigenvalue weighted by Crippen LogP contribution is -2.59. The molecular formula is C16H29N3O. The minimum atomic E-state index is 0.145. The first-order valence-electron chi connectivity index (χ1n) is 7.94. The lowest BCUT2D eigenvalue weighted by Gasteiger charge is -2.48. The second kappa shape index (κ2) is 7.25. The predicted octanol–water partition coefficient (Wildman–Crippen LogP) is 2.30. The molecule has 20 heavy (non-hydrogen) atoms. The van der Waals surface area contributed by atoms with Gasteiger partial charge in [-0.25, -0.2) is 0 Å². The standard InChI is InChI=1S/C16H29N3O/c1-3-9-18-10-7-16(14-17,8-11-18)19(4-2)13-15-6-5-12-20-15/h5-6,12H,3-4,7-11,13-14,17H2,1-2H3. The molecule has 1 aliphatic heterocycles. The zero-order valence-corrected chi connectivity index (χ0v) is 13.0. The van der Waals surface area contributed by atoms with E-state index in [1.165, 1.54) is 26.1 Å². The number of furan rings is 1. The summed E-state index contributed by atoms with van der Waals surface area (Å²) in [6.45, 7) is 10.6. The van der Waals surface area contributed by atoms with Crippen molar-refractivity contribution in [1.29, 1.82) is 0 Å². The zero-order valence-electron chi connectivity index (χ0n) is 13.0. The molecule has 0 amide bonds. The number of piperidine rings is 1. The predicted molar refractivity (Wildman–Crippen MR) is 82.5 cm³/mol. The number of likely N-dealkylation sites (tertiary alicyclic amines) is 1. The van der Waals surface area contributed by atoms with E-state index in [2.05, 4.69) is 29.7 Å². The smallest absolute Gasteiger partial charge is 0.117 e. The molecule has 1 fully saturated rings. The van der Waals surface area contributed by atoms with E-state index in [4.69, 9.17) is 10.2 Å². The average Bonchev–Trinajstić information content (AvgIpc) is 2.99. The number of rotatable bonds is 7.